The molecule has 32 heavy (non-hydrogen) atoms. The van der Waals surface area contributed by atoms with Gasteiger partial charge in [0.25, 0.3) is 5.56 Å². The number of anilines is 2. The number of carbonyl (C=O) groups excluding carboxylic acids is 1. The van der Waals surface area contributed by atoms with Crippen molar-refractivity contribution >= 4 is 40.6 Å². The van der Waals surface area contributed by atoms with E-state index in [-0.39, 0.29) is 45.0 Å². The summed E-state index contributed by atoms with van der Waals surface area (Å²) in [6.45, 7) is 4.11. The van der Waals surface area contributed by atoms with Gasteiger partial charge in [-0.3, -0.25) is 14.6 Å². The highest BCUT2D eigenvalue weighted by Gasteiger charge is 2.68. The Kier molecular flexibility index (Phi) is 4.41. The number of amides is 1. The predicted molar refractivity (Wildman–Crippen MR) is 120 cm³/mol. The van der Waals surface area contributed by atoms with Gasteiger partial charge in [-0.25, -0.2) is 4.79 Å². The minimum atomic E-state index is -0.793. The summed E-state index contributed by atoms with van der Waals surface area (Å²) in [5.74, 6) is 0.706. The lowest BCUT2D eigenvalue weighted by Crippen LogP contribution is -2.33. The van der Waals surface area contributed by atoms with E-state index in [4.69, 9.17) is 33.7 Å². The van der Waals surface area contributed by atoms with Crippen molar-refractivity contribution in [3.63, 3.8) is 0 Å². The number of nitrogens with one attached hydrogen (secondary N) is 2. The molecule has 1 spiro atoms. The smallest absolute Gasteiger partial charge is 0.349 e. The molecule has 2 heterocycles. The van der Waals surface area contributed by atoms with Crippen molar-refractivity contribution in [2.24, 2.45) is 11.8 Å². The van der Waals surface area contributed by atoms with Crippen molar-refractivity contribution in [1.29, 1.82) is 0 Å². The maximum Gasteiger partial charge on any atom is 0.349 e. The van der Waals surface area contributed by atoms with E-state index in [1.54, 1.807) is 12.1 Å². The molecule has 0 bridgehead atoms. The van der Waals surface area contributed by atoms with Crippen molar-refractivity contribution < 1.29 is 9.53 Å². The van der Waals surface area contributed by atoms with Gasteiger partial charge in [0.15, 0.2) is 5.75 Å². The van der Waals surface area contributed by atoms with Gasteiger partial charge in [-0.15, -0.1) is 5.10 Å². The SMILES string of the molecule is CC1C(C)C12C(=O)Nc1ccc(Oc3c(Cl)cc(-n4nc(N)c(=O)[nH]c4=O)cc3Cl)cc12. The van der Waals surface area contributed by atoms with E-state index >= 15 is 0 Å². The highest BCUT2D eigenvalue weighted by atomic mass is 35.5. The quantitative estimate of drug-likeness (QED) is 0.535. The van der Waals surface area contributed by atoms with Crippen LogP contribution >= 0.6 is 23.2 Å². The molecule has 9 nitrogen and oxygen atoms in total. The number of aromatic amines is 1. The average molecular weight is 474 g/mol. The summed E-state index contributed by atoms with van der Waals surface area (Å²) < 4.78 is 6.84. The highest BCUT2D eigenvalue weighted by Crippen LogP contribution is 2.64. The minimum absolute atomic E-state index is 0.00295. The molecule has 2 atom stereocenters. The monoisotopic (exact) mass is 473 g/mol. The summed E-state index contributed by atoms with van der Waals surface area (Å²) in [5, 5.41) is 6.93. The van der Waals surface area contributed by atoms with Crippen molar-refractivity contribution in [1.82, 2.24) is 14.8 Å². The van der Waals surface area contributed by atoms with Crippen LogP contribution in [0.25, 0.3) is 5.69 Å². The standard InChI is InChI=1S/C21H17Cl2N5O4/c1-8-9(2)21(8)12-7-11(3-4-15(12)25-19(21)30)32-16-13(22)5-10(6-14(16)23)28-20(31)26-18(29)17(24)27-28/h3-9H,1-2H3,(H2,24,27)(H,25,30)(H,26,29,31). The van der Waals surface area contributed by atoms with E-state index in [1.807, 2.05) is 6.07 Å². The number of ether oxygens (including phenoxy) is 1. The Morgan fingerprint density at radius 1 is 1.09 bits per heavy atom. The number of fused-ring (bicyclic) bond motifs is 2. The van der Waals surface area contributed by atoms with Crippen LogP contribution in [0.1, 0.15) is 19.4 Å². The topological polar surface area (TPSA) is 132 Å². The molecule has 164 valence electrons. The summed E-state index contributed by atoms with van der Waals surface area (Å²) in [6.07, 6.45) is 0. The number of benzene rings is 2. The van der Waals surface area contributed by atoms with Crippen molar-refractivity contribution in [3.8, 4) is 17.2 Å². The van der Waals surface area contributed by atoms with Crippen LogP contribution in [0.4, 0.5) is 11.5 Å². The molecule has 1 aromatic heterocycles. The number of hydrogen-bond acceptors (Lipinski definition) is 6. The first-order valence-electron chi connectivity index (χ1n) is 9.77. The molecule has 2 aromatic carbocycles. The first kappa shape index (κ1) is 20.6. The van der Waals surface area contributed by atoms with Crippen molar-refractivity contribution in [2.45, 2.75) is 19.3 Å². The molecule has 1 aliphatic heterocycles. The third kappa shape index (κ3) is 2.78. The molecule has 1 amide bonds. The number of aromatic nitrogens is 3. The number of nitrogens with two attached hydrogens (primary N) is 1. The molecule has 4 N–H and O–H groups in total. The fourth-order valence-electron chi connectivity index (χ4n) is 4.54. The number of H-pyrrole nitrogens is 1. The molecule has 0 radical (unpaired) electrons. The third-order valence-electron chi connectivity index (χ3n) is 6.44. The van der Waals surface area contributed by atoms with E-state index in [1.165, 1.54) is 12.1 Å². The van der Waals surface area contributed by atoms with Gasteiger partial charge < -0.3 is 15.8 Å². The maximum atomic E-state index is 12.6. The summed E-state index contributed by atoms with van der Waals surface area (Å²) in [5.41, 5.74) is 5.24. The fourth-order valence-corrected chi connectivity index (χ4v) is 5.09. The molecule has 2 aliphatic rings. The van der Waals surface area contributed by atoms with Gasteiger partial charge in [0, 0.05) is 5.69 Å². The number of nitrogens with zero attached hydrogens (tertiary/aromatic N) is 2. The Morgan fingerprint density at radius 3 is 2.38 bits per heavy atom. The second-order valence-electron chi connectivity index (χ2n) is 8.00. The van der Waals surface area contributed by atoms with E-state index in [0.29, 0.717) is 5.75 Å². The molecular formula is C21H17Cl2N5O4. The first-order valence-corrected chi connectivity index (χ1v) is 10.5. The molecule has 3 aromatic rings. The van der Waals surface area contributed by atoms with Crippen molar-refractivity contribution in [2.75, 3.05) is 11.1 Å². The third-order valence-corrected chi connectivity index (χ3v) is 7.00. The predicted octanol–water partition coefficient (Wildman–Crippen LogP) is 3.08. The number of halogens is 2. The lowest BCUT2D eigenvalue weighted by Gasteiger charge is -2.14. The van der Waals surface area contributed by atoms with E-state index in [0.717, 1.165) is 15.9 Å². The summed E-state index contributed by atoms with van der Waals surface area (Å²) in [6, 6.07) is 8.16. The molecule has 11 heteroatoms. The van der Waals surface area contributed by atoms with Crippen molar-refractivity contribution in [3.05, 3.63) is 66.8 Å². The Morgan fingerprint density at radius 2 is 1.75 bits per heavy atom. The average Bonchev–Trinajstić information content (AvgIpc) is 3.15. The number of hydrogen-bond donors (Lipinski definition) is 3. The van der Waals surface area contributed by atoms with Crippen LogP contribution in [0.2, 0.25) is 10.0 Å². The molecule has 1 saturated carbocycles. The second-order valence-corrected chi connectivity index (χ2v) is 8.82. The molecule has 1 aliphatic carbocycles. The van der Waals surface area contributed by atoms with Gasteiger partial charge >= 0.3 is 5.69 Å². The second kappa shape index (κ2) is 6.85. The minimum Gasteiger partial charge on any atom is -0.454 e. The van der Waals surface area contributed by atoms with Crippen LogP contribution in [-0.4, -0.2) is 20.7 Å². The molecule has 1 fully saturated rings. The Bertz CT molecular complexity index is 1400. The van der Waals surface area contributed by atoms with Gasteiger partial charge in [0.1, 0.15) is 5.75 Å². The zero-order chi connectivity index (χ0) is 22.9. The highest BCUT2D eigenvalue weighted by molar-refractivity contribution is 6.37. The molecule has 0 saturated heterocycles. The number of rotatable bonds is 3. The zero-order valence-electron chi connectivity index (χ0n) is 16.9. The van der Waals surface area contributed by atoms with Crippen LogP contribution < -0.4 is 27.0 Å². The van der Waals surface area contributed by atoms with Crippen LogP contribution in [0.3, 0.4) is 0 Å². The van der Waals surface area contributed by atoms with Crippen LogP contribution in [-0.2, 0) is 10.2 Å². The Balaban J connectivity index is 1.51. The van der Waals surface area contributed by atoms with Gasteiger partial charge in [-0.05, 0) is 47.7 Å². The lowest BCUT2D eigenvalue weighted by atomic mass is 9.93. The normalized spacial score (nSPS) is 23.2. The zero-order valence-corrected chi connectivity index (χ0v) is 18.4. The van der Waals surface area contributed by atoms with Gasteiger partial charge in [-0.1, -0.05) is 37.0 Å². The maximum absolute atomic E-state index is 12.6. The van der Waals surface area contributed by atoms with E-state index in [2.05, 4.69) is 29.2 Å². The van der Waals surface area contributed by atoms with E-state index in [9.17, 15) is 14.4 Å². The van der Waals surface area contributed by atoms with Gasteiger partial charge in [0.2, 0.25) is 11.7 Å². The van der Waals surface area contributed by atoms with Crippen LogP contribution in [0.5, 0.6) is 11.5 Å². The van der Waals surface area contributed by atoms with Crippen LogP contribution in [0.15, 0.2) is 39.9 Å². The first-order chi connectivity index (χ1) is 15.1. The molecule has 5 rings (SSSR count). The Hall–Kier alpha value is -3.30. The van der Waals surface area contributed by atoms with Gasteiger partial charge in [0.05, 0.1) is 21.1 Å². The largest absolute Gasteiger partial charge is 0.454 e. The fraction of sp³-hybridized carbons (Fsp3) is 0.238. The lowest BCUT2D eigenvalue weighted by molar-refractivity contribution is -0.118. The van der Waals surface area contributed by atoms with Crippen LogP contribution in [0, 0.1) is 11.8 Å². The molecular weight excluding hydrogens is 457 g/mol. The summed E-state index contributed by atoms with van der Waals surface area (Å²) in [7, 11) is 0. The summed E-state index contributed by atoms with van der Waals surface area (Å²) >= 11 is 12.8. The van der Waals surface area contributed by atoms with Gasteiger partial charge in [-0.2, -0.15) is 4.68 Å². The van der Waals surface area contributed by atoms with E-state index < -0.39 is 16.7 Å². The molecule has 2 unspecified atom stereocenters. The number of carbonyl (C=O) groups is 1. The Labute approximate surface area is 191 Å². The number of nitrogen functional groups attached to an aromatic ring is 1. The summed E-state index contributed by atoms with van der Waals surface area (Å²) in [4.78, 5) is 38.2.